The number of fused-ring (bicyclic) bond motifs is 7. The van der Waals surface area contributed by atoms with Crippen molar-refractivity contribution in [2.24, 2.45) is 0 Å². The van der Waals surface area contributed by atoms with Gasteiger partial charge in [-0.3, -0.25) is 0 Å². The second-order valence-corrected chi connectivity index (χ2v) is 17.4. The first kappa shape index (κ1) is 44.2. The average molecular weight is 891 g/mol. The van der Waals surface area contributed by atoms with Crippen molar-refractivity contribution in [2.75, 3.05) is 0 Å². The molecule has 0 aliphatic heterocycles. The molecule has 12 aromatic rings. The molecular weight excluding hydrogens is 837 g/mol. The molecule has 4 heteroatoms. The maximum Gasteiger partial charge on any atom is 0.160 e. The number of para-hydroxylation sites is 4. The van der Waals surface area contributed by atoms with Gasteiger partial charge in [0.1, 0.15) is 0 Å². The highest BCUT2D eigenvalue weighted by molar-refractivity contribution is 6.13. The van der Waals surface area contributed by atoms with Crippen molar-refractivity contribution >= 4 is 54.5 Å². The van der Waals surface area contributed by atoms with Crippen molar-refractivity contribution in [1.29, 1.82) is 0 Å². The third kappa shape index (κ3) is 8.32. The molecule has 0 spiro atoms. The predicted molar refractivity (Wildman–Crippen MR) is 296 cm³/mol. The Hall–Kier alpha value is -8.60. The molecule has 12 rings (SSSR count). The molecule has 3 aromatic heterocycles. The van der Waals surface area contributed by atoms with E-state index < -0.39 is 0 Å². The molecule has 0 saturated heterocycles. The molecule has 4 nitrogen and oxygen atoms in total. The molecule has 0 bridgehead atoms. The first-order chi connectivity index (χ1) is 33.9. The van der Waals surface area contributed by atoms with E-state index in [4.69, 9.17) is 9.97 Å². The zero-order chi connectivity index (χ0) is 47.4. The standard InChI is InChI=1S/C58H40N4.C4H8.C3H6/c1-37-25-31-53-49(33-37)50-34-38(2)48(36-55(50)62(53)44-19-10-5-11-20-44)46-22-14-23-47-56(40-15-6-3-7-16-40)59-58(60-57(46)47)41-28-26-39(27-29-41)42-30-32-54-51(35-42)45-21-12-13-24-52(45)61(54)43-17-8-4-9-18-43;1-3-4-2;1-3-2/h3-36H,1-2H3;3-4H,1-2H3;3H,1H2,2H3/b;4-3-;. The lowest BCUT2D eigenvalue weighted by atomic mass is 9.94. The minimum atomic E-state index is 0.698. The number of hydrogen-bond acceptors (Lipinski definition) is 2. The quantitative estimate of drug-likeness (QED) is 0.156. The Morgan fingerprint density at radius 2 is 0.913 bits per heavy atom. The van der Waals surface area contributed by atoms with Crippen LogP contribution in [-0.4, -0.2) is 19.1 Å². The first-order valence-corrected chi connectivity index (χ1v) is 23.7. The lowest BCUT2D eigenvalue weighted by molar-refractivity contribution is 1.18. The summed E-state index contributed by atoms with van der Waals surface area (Å²) < 4.78 is 4.76. The van der Waals surface area contributed by atoms with Crippen LogP contribution in [0.15, 0.2) is 231 Å². The van der Waals surface area contributed by atoms with E-state index in [0.717, 1.165) is 55.8 Å². The van der Waals surface area contributed by atoms with E-state index >= 15 is 0 Å². The number of allylic oxidation sites excluding steroid dienone is 3. The molecule has 9 aromatic carbocycles. The van der Waals surface area contributed by atoms with Crippen molar-refractivity contribution in [3.63, 3.8) is 0 Å². The van der Waals surface area contributed by atoms with Crippen molar-refractivity contribution < 1.29 is 0 Å². The Morgan fingerprint density at radius 1 is 0.391 bits per heavy atom. The highest BCUT2D eigenvalue weighted by atomic mass is 15.0. The van der Waals surface area contributed by atoms with E-state index in [1.54, 1.807) is 6.08 Å². The van der Waals surface area contributed by atoms with Crippen LogP contribution in [0.5, 0.6) is 0 Å². The number of aromatic nitrogens is 4. The second-order valence-electron chi connectivity index (χ2n) is 17.4. The molecule has 0 fully saturated rings. The van der Waals surface area contributed by atoms with Crippen molar-refractivity contribution in [3.05, 3.63) is 242 Å². The lowest BCUT2D eigenvalue weighted by Gasteiger charge is -2.15. The molecule has 0 aliphatic carbocycles. The molecule has 0 saturated carbocycles. The highest BCUT2D eigenvalue weighted by Gasteiger charge is 2.20. The summed E-state index contributed by atoms with van der Waals surface area (Å²) in [5.74, 6) is 0.698. The van der Waals surface area contributed by atoms with E-state index in [1.165, 1.54) is 60.3 Å². The smallest absolute Gasteiger partial charge is 0.160 e. The van der Waals surface area contributed by atoms with E-state index in [2.05, 4.69) is 236 Å². The van der Waals surface area contributed by atoms with E-state index in [9.17, 15) is 0 Å². The Kier molecular flexibility index (Phi) is 12.4. The zero-order valence-electron chi connectivity index (χ0n) is 39.9. The van der Waals surface area contributed by atoms with Gasteiger partial charge in [0, 0.05) is 55.0 Å². The van der Waals surface area contributed by atoms with Gasteiger partial charge in [0.2, 0.25) is 0 Å². The Balaban J connectivity index is 0.000000745. The topological polar surface area (TPSA) is 35.6 Å². The van der Waals surface area contributed by atoms with Gasteiger partial charge in [-0.1, -0.05) is 163 Å². The summed E-state index contributed by atoms with van der Waals surface area (Å²) in [5, 5.41) is 6.00. The van der Waals surface area contributed by atoms with Crippen LogP contribution in [0.3, 0.4) is 0 Å². The highest BCUT2D eigenvalue weighted by Crippen LogP contribution is 2.41. The predicted octanol–water partition coefficient (Wildman–Crippen LogP) is 17.9. The van der Waals surface area contributed by atoms with Crippen LogP contribution >= 0.6 is 0 Å². The van der Waals surface area contributed by atoms with E-state index in [-0.39, 0.29) is 0 Å². The SMILES string of the molecule is C/C=C\C.C=CC.Cc1ccc2c(c1)c1cc(C)c(-c3cccc4c(-c5ccccc5)nc(-c5ccc(-c6ccc7c(c6)c6ccccc6n7-c6ccccc6)cc5)nc34)cc1n2-c1ccccc1. The summed E-state index contributed by atoms with van der Waals surface area (Å²) >= 11 is 0. The minimum Gasteiger partial charge on any atom is -0.309 e. The van der Waals surface area contributed by atoms with Crippen LogP contribution in [-0.2, 0) is 0 Å². The third-order valence-corrected chi connectivity index (χ3v) is 12.8. The van der Waals surface area contributed by atoms with E-state index in [1.807, 2.05) is 32.9 Å². The van der Waals surface area contributed by atoms with Crippen molar-refractivity contribution in [1.82, 2.24) is 19.1 Å². The molecule has 0 aliphatic rings. The minimum absolute atomic E-state index is 0.698. The summed E-state index contributed by atoms with van der Waals surface area (Å²) in [6.07, 6.45) is 5.75. The maximum atomic E-state index is 5.45. The lowest BCUT2D eigenvalue weighted by Crippen LogP contribution is -1.98. The van der Waals surface area contributed by atoms with Gasteiger partial charge < -0.3 is 9.13 Å². The average Bonchev–Trinajstić information content (AvgIpc) is 3.90. The van der Waals surface area contributed by atoms with Crippen LogP contribution in [0.1, 0.15) is 31.9 Å². The van der Waals surface area contributed by atoms with Gasteiger partial charge in [0.25, 0.3) is 0 Å². The monoisotopic (exact) mass is 890 g/mol. The zero-order valence-corrected chi connectivity index (χ0v) is 39.9. The molecule has 69 heavy (non-hydrogen) atoms. The Bertz CT molecular complexity index is 3820. The Morgan fingerprint density at radius 3 is 1.58 bits per heavy atom. The van der Waals surface area contributed by atoms with Crippen molar-refractivity contribution in [2.45, 2.75) is 34.6 Å². The molecule has 0 radical (unpaired) electrons. The van der Waals surface area contributed by atoms with Gasteiger partial charge in [0.15, 0.2) is 5.82 Å². The van der Waals surface area contributed by atoms with Crippen LogP contribution < -0.4 is 0 Å². The fourth-order valence-electron chi connectivity index (χ4n) is 9.57. The number of benzene rings is 9. The summed E-state index contributed by atoms with van der Waals surface area (Å²) in [4.78, 5) is 10.8. The van der Waals surface area contributed by atoms with Gasteiger partial charge in [0.05, 0.1) is 33.3 Å². The van der Waals surface area contributed by atoms with Gasteiger partial charge in [-0.05, 0) is 124 Å². The normalized spacial score (nSPS) is 11.3. The maximum absolute atomic E-state index is 5.45. The van der Waals surface area contributed by atoms with E-state index in [0.29, 0.717) is 5.82 Å². The molecule has 0 atom stereocenters. The van der Waals surface area contributed by atoms with Gasteiger partial charge in [-0.2, -0.15) is 0 Å². The van der Waals surface area contributed by atoms with Crippen LogP contribution in [0.2, 0.25) is 0 Å². The van der Waals surface area contributed by atoms with Crippen LogP contribution in [0.4, 0.5) is 0 Å². The molecular formula is C65H54N4. The second kappa shape index (κ2) is 19.3. The van der Waals surface area contributed by atoms with Crippen LogP contribution in [0.25, 0.3) is 111 Å². The fraction of sp³-hybridized carbons (Fsp3) is 0.0769. The van der Waals surface area contributed by atoms with Gasteiger partial charge in [-0.25, -0.2) is 9.97 Å². The van der Waals surface area contributed by atoms with Crippen molar-refractivity contribution in [3.8, 4) is 56.3 Å². The van der Waals surface area contributed by atoms with Gasteiger partial charge in [-0.15, -0.1) is 6.58 Å². The third-order valence-electron chi connectivity index (χ3n) is 12.8. The summed E-state index contributed by atoms with van der Waals surface area (Å²) in [7, 11) is 0. The Labute approximate surface area is 404 Å². The molecule has 0 amide bonds. The summed E-state index contributed by atoms with van der Waals surface area (Å²) in [6.45, 7) is 13.6. The number of hydrogen-bond donors (Lipinski definition) is 0. The van der Waals surface area contributed by atoms with Gasteiger partial charge >= 0.3 is 0 Å². The largest absolute Gasteiger partial charge is 0.309 e. The molecule has 0 unspecified atom stereocenters. The number of nitrogens with zero attached hydrogens (tertiary/aromatic N) is 4. The summed E-state index contributed by atoms with van der Waals surface area (Å²) in [6, 6.07) is 74.1. The number of rotatable bonds is 6. The molecule has 0 N–H and O–H groups in total. The first-order valence-electron chi connectivity index (χ1n) is 23.7. The summed E-state index contributed by atoms with van der Waals surface area (Å²) in [5.41, 5.74) is 17.9. The fourth-order valence-corrected chi connectivity index (χ4v) is 9.57. The molecule has 334 valence electrons. The van der Waals surface area contributed by atoms with Crippen LogP contribution in [0, 0.1) is 13.8 Å². The molecule has 3 heterocycles. The number of aryl methyl sites for hydroxylation is 2.